The van der Waals surface area contributed by atoms with E-state index >= 15 is 0 Å². The number of quaternary nitrogens is 1. The van der Waals surface area contributed by atoms with Gasteiger partial charge in [0.15, 0.2) is 0 Å². The molecule has 55 heavy (non-hydrogen) atoms. The minimum atomic E-state index is -4.58. The highest BCUT2D eigenvalue weighted by molar-refractivity contribution is 7.45. The Labute approximate surface area is 342 Å². The second-order valence-electron chi connectivity index (χ2n) is 17.5. The maximum atomic E-state index is 12.9. The summed E-state index contributed by atoms with van der Waals surface area (Å²) in [7, 11) is 1.27. The number of hydrogen-bond donors (Lipinski definition) is 2. The van der Waals surface area contributed by atoms with Crippen LogP contribution < -0.4 is 10.2 Å². The van der Waals surface area contributed by atoms with E-state index in [-0.39, 0.29) is 19.1 Å². The molecule has 0 rings (SSSR count). The summed E-state index contributed by atoms with van der Waals surface area (Å²) in [4.78, 5) is 25.3. The van der Waals surface area contributed by atoms with Gasteiger partial charge in [-0.1, -0.05) is 212 Å². The molecule has 0 saturated carbocycles. The molecule has 0 saturated heterocycles. The van der Waals surface area contributed by atoms with Crippen LogP contribution >= 0.6 is 7.82 Å². The molecule has 1 unspecified atom stereocenters. The van der Waals surface area contributed by atoms with Crippen LogP contribution in [0.5, 0.6) is 0 Å². The number of likely N-dealkylation sites (N-methyl/N-ethyl adjacent to an activating group) is 1. The van der Waals surface area contributed by atoms with Gasteiger partial charge in [0, 0.05) is 6.42 Å². The largest absolute Gasteiger partial charge is 0.756 e. The lowest BCUT2D eigenvalue weighted by Crippen LogP contribution is -2.45. The van der Waals surface area contributed by atoms with E-state index in [1.54, 1.807) is 6.08 Å². The highest BCUT2D eigenvalue weighted by Crippen LogP contribution is 2.38. The van der Waals surface area contributed by atoms with Crippen LogP contribution in [-0.2, 0) is 18.4 Å². The van der Waals surface area contributed by atoms with Crippen LogP contribution in [0.1, 0.15) is 226 Å². The van der Waals surface area contributed by atoms with E-state index in [1.807, 2.05) is 27.2 Å². The molecule has 0 aromatic rings. The van der Waals surface area contributed by atoms with E-state index < -0.39 is 20.0 Å². The van der Waals surface area contributed by atoms with Crippen molar-refractivity contribution < 1.29 is 32.9 Å². The number of nitrogens with zero attached hydrogens (tertiary/aromatic N) is 1. The Morgan fingerprint density at radius 3 is 1.36 bits per heavy atom. The van der Waals surface area contributed by atoms with Crippen LogP contribution in [0.15, 0.2) is 12.2 Å². The molecule has 0 fully saturated rings. The summed E-state index contributed by atoms with van der Waals surface area (Å²) < 4.78 is 23.2. The van der Waals surface area contributed by atoms with E-state index in [0.717, 1.165) is 38.5 Å². The van der Waals surface area contributed by atoms with Crippen LogP contribution in [0.3, 0.4) is 0 Å². The van der Waals surface area contributed by atoms with Crippen molar-refractivity contribution in [3.05, 3.63) is 12.2 Å². The number of amides is 1. The molecule has 0 aromatic heterocycles. The topological polar surface area (TPSA) is 108 Å². The third kappa shape index (κ3) is 41.2. The lowest BCUT2D eigenvalue weighted by molar-refractivity contribution is -0.870. The van der Waals surface area contributed by atoms with Crippen molar-refractivity contribution in [1.82, 2.24) is 5.32 Å². The number of allylic oxidation sites excluding steroid dienone is 1. The number of aliphatic hydroxyl groups is 1. The van der Waals surface area contributed by atoms with Gasteiger partial charge in [-0.3, -0.25) is 9.36 Å². The number of phosphoric ester groups is 1. The maximum Gasteiger partial charge on any atom is 0.268 e. The van der Waals surface area contributed by atoms with Crippen molar-refractivity contribution in [2.45, 2.75) is 238 Å². The highest BCUT2D eigenvalue weighted by atomic mass is 31.2. The molecule has 0 spiro atoms. The van der Waals surface area contributed by atoms with Gasteiger partial charge >= 0.3 is 0 Å². The molecule has 0 bridgehead atoms. The van der Waals surface area contributed by atoms with Gasteiger partial charge in [-0.25, -0.2) is 0 Å². The van der Waals surface area contributed by atoms with Crippen molar-refractivity contribution in [3.63, 3.8) is 0 Å². The standard InChI is InChI=1S/C46H93N2O6P/c1-6-8-10-12-14-16-18-20-22-24-25-27-29-31-33-35-37-39-45(49)44(43-54-55(51,52)53-42-41-48(3,4)5)47-46(50)40-38-36-34-32-30-28-26-23-21-19-17-15-13-11-9-7-2/h37,39,44-45,49H,6-36,38,40-43H2,1-5H3,(H-,47,50,51,52)/b39-37+/t44-,45+/m0/s1. The minimum Gasteiger partial charge on any atom is -0.756 e. The summed E-state index contributed by atoms with van der Waals surface area (Å²) in [5.74, 6) is -0.194. The number of carbonyl (C=O) groups excluding carboxylic acids is 1. The summed E-state index contributed by atoms with van der Waals surface area (Å²) in [6, 6.07) is -0.880. The van der Waals surface area contributed by atoms with Crippen molar-refractivity contribution in [2.75, 3.05) is 40.9 Å². The number of rotatable bonds is 43. The molecule has 0 aliphatic heterocycles. The molecule has 0 aromatic carbocycles. The fourth-order valence-electron chi connectivity index (χ4n) is 6.98. The van der Waals surface area contributed by atoms with Gasteiger partial charge in [0.2, 0.25) is 5.91 Å². The molecule has 9 heteroatoms. The Kier molecular flexibility index (Phi) is 38.2. The molecular weight excluding hydrogens is 707 g/mol. The zero-order valence-electron chi connectivity index (χ0n) is 37.1. The van der Waals surface area contributed by atoms with Crippen LogP contribution in [0.25, 0.3) is 0 Å². The van der Waals surface area contributed by atoms with Gasteiger partial charge in [-0.15, -0.1) is 0 Å². The number of phosphoric acid groups is 1. The van der Waals surface area contributed by atoms with Gasteiger partial charge in [0.05, 0.1) is 39.9 Å². The SMILES string of the molecule is CCCCCCCCCCCCCCCCC/C=C/[C@@H](O)[C@H](COP(=O)([O-])OCC[N+](C)(C)C)NC(=O)CCCCCCCCCCCCCCCCCC. The van der Waals surface area contributed by atoms with Gasteiger partial charge in [0.1, 0.15) is 13.2 Å². The van der Waals surface area contributed by atoms with Gasteiger partial charge in [-0.2, -0.15) is 0 Å². The first-order chi connectivity index (χ1) is 26.5. The number of nitrogens with one attached hydrogen (secondary N) is 1. The average Bonchev–Trinajstić information content (AvgIpc) is 3.13. The molecule has 0 heterocycles. The second kappa shape index (κ2) is 38.7. The van der Waals surface area contributed by atoms with E-state index in [4.69, 9.17) is 9.05 Å². The van der Waals surface area contributed by atoms with E-state index in [0.29, 0.717) is 17.4 Å². The monoisotopic (exact) mass is 801 g/mol. The van der Waals surface area contributed by atoms with E-state index in [2.05, 4.69) is 19.2 Å². The van der Waals surface area contributed by atoms with Crippen molar-refractivity contribution in [3.8, 4) is 0 Å². The van der Waals surface area contributed by atoms with E-state index in [1.165, 1.54) is 167 Å². The Bertz CT molecular complexity index is 911. The predicted octanol–water partition coefficient (Wildman–Crippen LogP) is 12.5. The zero-order chi connectivity index (χ0) is 40.7. The third-order valence-corrected chi connectivity index (χ3v) is 11.7. The van der Waals surface area contributed by atoms with Crippen LogP contribution in [0.4, 0.5) is 0 Å². The van der Waals surface area contributed by atoms with Crippen LogP contribution in [-0.4, -0.2) is 68.5 Å². The predicted molar refractivity (Wildman–Crippen MR) is 233 cm³/mol. The Morgan fingerprint density at radius 2 is 0.982 bits per heavy atom. The molecule has 328 valence electrons. The van der Waals surface area contributed by atoms with Gasteiger partial charge in [0.25, 0.3) is 7.82 Å². The Hall–Kier alpha value is -0.760. The second-order valence-corrected chi connectivity index (χ2v) is 18.9. The maximum absolute atomic E-state index is 12.9. The minimum absolute atomic E-state index is 0.00225. The summed E-state index contributed by atoms with van der Waals surface area (Å²) in [6.07, 6.45) is 43.9. The molecule has 8 nitrogen and oxygen atoms in total. The first-order valence-electron chi connectivity index (χ1n) is 23.6. The number of aliphatic hydroxyl groups excluding tert-OH is 1. The highest BCUT2D eigenvalue weighted by Gasteiger charge is 2.23. The average molecular weight is 801 g/mol. The fourth-order valence-corrected chi connectivity index (χ4v) is 7.70. The molecule has 3 atom stereocenters. The number of unbranched alkanes of at least 4 members (excludes halogenated alkanes) is 30. The van der Waals surface area contributed by atoms with Crippen molar-refractivity contribution >= 4 is 13.7 Å². The number of carbonyl (C=O) groups is 1. The summed E-state index contributed by atoms with van der Waals surface area (Å²) in [6.45, 7) is 4.67. The lowest BCUT2D eigenvalue weighted by Gasteiger charge is -2.29. The van der Waals surface area contributed by atoms with Crippen LogP contribution in [0, 0.1) is 0 Å². The normalized spacial score (nSPS) is 14.4. The molecule has 0 aliphatic rings. The Balaban J connectivity index is 4.36. The molecule has 0 aliphatic carbocycles. The first kappa shape index (κ1) is 54.2. The van der Waals surface area contributed by atoms with E-state index in [9.17, 15) is 19.4 Å². The summed E-state index contributed by atoms with van der Waals surface area (Å²) >= 11 is 0. The fraction of sp³-hybridized carbons (Fsp3) is 0.935. The molecule has 0 radical (unpaired) electrons. The smallest absolute Gasteiger partial charge is 0.268 e. The van der Waals surface area contributed by atoms with Crippen molar-refractivity contribution in [2.24, 2.45) is 0 Å². The van der Waals surface area contributed by atoms with Crippen LogP contribution in [0.2, 0.25) is 0 Å². The van der Waals surface area contributed by atoms with Crippen molar-refractivity contribution in [1.29, 1.82) is 0 Å². The summed E-state index contributed by atoms with van der Waals surface area (Å²) in [5.41, 5.74) is 0. The summed E-state index contributed by atoms with van der Waals surface area (Å²) in [5, 5.41) is 13.8. The number of hydrogen-bond acceptors (Lipinski definition) is 6. The third-order valence-electron chi connectivity index (χ3n) is 10.7. The van der Waals surface area contributed by atoms with Gasteiger partial charge in [-0.05, 0) is 19.3 Å². The van der Waals surface area contributed by atoms with Gasteiger partial charge < -0.3 is 28.8 Å². The first-order valence-corrected chi connectivity index (χ1v) is 25.0. The zero-order valence-corrected chi connectivity index (χ0v) is 38.0. The molecular formula is C46H93N2O6P. The quantitative estimate of drug-likeness (QED) is 0.0275. The lowest BCUT2D eigenvalue weighted by atomic mass is 10.0. The molecule has 1 amide bonds. The molecule has 2 N–H and O–H groups in total. The Morgan fingerprint density at radius 1 is 0.618 bits per heavy atom.